The van der Waals surface area contributed by atoms with Gasteiger partial charge in [0.25, 0.3) is 0 Å². The van der Waals surface area contributed by atoms with Crippen molar-refractivity contribution in [2.24, 2.45) is 0 Å². The molecular formula is C23H25BrFN3O4S. The summed E-state index contributed by atoms with van der Waals surface area (Å²) in [5, 5.41) is 0. The van der Waals surface area contributed by atoms with E-state index in [-0.39, 0.29) is 18.9 Å². The molecule has 0 radical (unpaired) electrons. The average Bonchev–Trinajstić information content (AvgIpc) is 2.79. The van der Waals surface area contributed by atoms with Crippen molar-refractivity contribution in [3.63, 3.8) is 0 Å². The summed E-state index contributed by atoms with van der Waals surface area (Å²) in [6.07, 6.45) is 2.78. The van der Waals surface area contributed by atoms with E-state index in [1.54, 1.807) is 62.8 Å². The number of hydrogen-bond donors (Lipinski definition) is 0. The second-order valence-corrected chi connectivity index (χ2v) is 10.5. The Balaban J connectivity index is 1.89. The van der Waals surface area contributed by atoms with Gasteiger partial charge >= 0.3 is 0 Å². The van der Waals surface area contributed by atoms with Crippen LogP contribution in [0.3, 0.4) is 0 Å². The summed E-state index contributed by atoms with van der Waals surface area (Å²) in [5.74, 6) is 0.329. The number of methoxy groups -OCH3 is 2. The van der Waals surface area contributed by atoms with E-state index in [0.717, 1.165) is 11.1 Å². The van der Waals surface area contributed by atoms with Crippen LogP contribution in [-0.2, 0) is 28.8 Å². The molecule has 2 aromatic carbocycles. The third-order valence-corrected chi connectivity index (χ3v) is 7.33. The molecule has 0 saturated heterocycles. The van der Waals surface area contributed by atoms with Gasteiger partial charge in [-0.25, -0.2) is 22.8 Å². The second-order valence-electron chi connectivity index (χ2n) is 7.64. The Morgan fingerprint density at radius 1 is 0.909 bits per heavy atom. The molecule has 0 fully saturated rings. The minimum atomic E-state index is -4.06. The van der Waals surface area contributed by atoms with Crippen molar-refractivity contribution < 1.29 is 22.3 Å². The standard InChI is InChI=1S/C23H25BrFN3O4S/c1-23(25,22-26-12-19(24)13-27-22)16-33(29,30)28(14-17-4-8-20(31-2)9-5-17)15-18-6-10-21(32-3)11-7-18/h4-13H,14-16H2,1-3H3. The lowest BCUT2D eigenvalue weighted by Crippen LogP contribution is -2.39. The Bertz CT molecular complexity index is 1110. The van der Waals surface area contributed by atoms with Crippen LogP contribution in [0.15, 0.2) is 65.4 Å². The van der Waals surface area contributed by atoms with E-state index in [0.29, 0.717) is 16.0 Å². The molecule has 1 unspecified atom stereocenters. The van der Waals surface area contributed by atoms with Crippen molar-refractivity contribution in [2.45, 2.75) is 25.7 Å². The summed E-state index contributed by atoms with van der Waals surface area (Å²) < 4.78 is 54.5. The number of sulfonamides is 1. The summed E-state index contributed by atoms with van der Waals surface area (Å²) in [4.78, 5) is 7.91. The van der Waals surface area contributed by atoms with Gasteiger partial charge in [-0.15, -0.1) is 0 Å². The van der Waals surface area contributed by atoms with Crippen LogP contribution in [0.5, 0.6) is 11.5 Å². The first-order valence-corrected chi connectivity index (χ1v) is 12.4. The zero-order valence-electron chi connectivity index (χ0n) is 18.5. The number of halogens is 2. The molecular weight excluding hydrogens is 513 g/mol. The Morgan fingerprint density at radius 2 is 1.33 bits per heavy atom. The fourth-order valence-corrected chi connectivity index (χ4v) is 5.09. The Hall–Kier alpha value is -2.56. The number of alkyl halides is 1. The highest BCUT2D eigenvalue weighted by Gasteiger charge is 2.38. The molecule has 0 aliphatic carbocycles. The van der Waals surface area contributed by atoms with Crippen LogP contribution in [-0.4, -0.2) is 42.7 Å². The lowest BCUT2D eigenvalue weighted by Gasteiger charge is -2.26. The van der Waals surface area contributed by atoms with Gasteiger partial charge in [-0.2, -0.15) is 4.31 Å². The average molecular weight is 538 g/mol. The minimum absolute atomic E-state index is 0.0651. The predicted molar refractivity (Wildman–Crippen MR) is 127 cm³/mol. The Kier molecular flexibility index (Phi) is 8.04. The number of nitrogens with zero attached hydrogens (tertiary/aromatic N) is 3. The lowest BCUT2D eigenvalue weighted by molar-refractivity contribution is 0.205. The summed E-state index contributed by atoms with van der Waals surface area (Å²) >= 11 is 3.20. The van der Waals surface area contributed by atoms with E-state index in [2.05, 4.69) is 25.9 Å². The summed E-state index contributed by atoms with van der Waals surface area (Å²) in [7, 11) is -0.947. The maximum atomic E-state index is 15.5. The fraction of sp³-hybridized carbons (Fsp3) is 0.304. The molecule has 0 amide bonds. The summed E-state index contributed by atoms with van der Waals surface area (Å²) in [5.41, 5.74) is -0.792. The number of aromatic nitrogens is 2. The van der Waals surface area contributed by atoms with Crippen LogP contribution in [0.2, 0.25) is 0 Å². The quantitative estimate of drug-likeness (QED) is 0.379. The van der Waals surface area contributed by atoms with Gasteiger partial charge in [-0.1, -0.05) is 24.3 Å². The maximum absolute atomic E-state index is 15.5. The summed E-state index contributed by atoms with van der Waals surface area (Å²) in [6, 6.07) is 14.1. The zero-order chi connectivity index (χ0) is 24.1. The molecule has 1 aromatic heterocycles. The molecule has 3 rings (SSSR count). The van der Waals surface area contributed by atoms with E-state index >= 15 is 4.39 Å². The highest BCUT2D eigenvalue weighted by molar-refractivity contribution is 9.10. The molecule has 0 saturated carbocycles. The molecule has 1 heterocycles. The van der Waals surface area contributed by atoms with E-state index < -0.39 is 21.4 Å². The van der Waals surface area contributed by atoms with Crippen molar-refractivity contribution in [1.29, 1.82) is 0 Å². The first-order valence-electron chi connectivity index (χ1n) is 10.0. The molecule has 3 aromatic rings. The maximum Gasteiger partial charge on any atom is 0.218 e. The number of ether oxygens (including phenoxy) is 2. The molecule has 1 atom stereocenters. The molecule has 33 heavy (non-hydrogen) atoms. The van der Waals surface area contributed by atoms with Gasteiger partial charge in [0.05, 0.1) is 18.7 Å². The second kappa shape index (κ2) is 10.6. The van der Waals surface area contributed by atoms with Crippen molar-refractivity contribution in [1.82, 2.24) is 14.3 Å². The zero-order valence-corrected chi connectivity index (χ0v) is 20.9. The van der Waals surface area contributed by atoms with Gasteiger partial charge < -0.3 is 9.47 Å². The molecule has 0 aliphatic heterocycles. The third kappa shape index (κ3) is 6.72. The van der Waals surface area contributed by atoms with Crippen LogP contribution < -0.4 is 9.47 Å². The molecule has 0 N–H and O–H groups in total. The molecule has 176 valence electrons. The number of benzene rings is 2. The van der Waals surface area contributed by atoms with E-state index in [9.17, 15) is 8.42 Å². The van der Waals surface area contributed by atoms with Crippen LogP contribution >= 0.6 is 15.9 Å². The van der Waals surface area contributed by atoms with Crippen LogP contribution in [0, 0.1) is 0 Å². The van der Waals surface area contributed by atoms with E-state index in [1.807, 2.05) is 0 Å². The van der Waals surface area contributed by atoms with E-state index in [4.69, 9.17) is 9.47 Å². The van der Waals surface area contributed by atoms with Crippen molar-refractivity contribution in [2.75, 3.05) is 20.0 Å². The van der Waals surface area contributed by atoms with Crippen LogP contribution in [0.25, 0.3) is 0 Å². The Labute approximate surface area is 201 Å². The number of hydrogen-bond acceptors (Lipinski definition) is 6. The normalized spacial score (nSPS) is 13.5. The van der Waals surface area contributed by atoms with Gasteiger partial charge in [0.1, 0.15) is 17.3 Å². The lowest BCUT2D eigenvalue weighted by atomic mass is 10.1. The topological polar surface area (TPSA) is 81.6 Å². The van der Waals surface area contributed by atoms with Gasteiger partial charge in [0.15, 0.2) is 11.5 Å². The largest absolute Gasteiger partial charge is 0.497 e. The molecule has 0 bridgehead atoms. The first-order chi connectivity index (χ1) is 15.6. The van der Waals surface area contributed by atoms with Crippen LogP contribution in [0.1, 0.15) is 23.9 Å². The van der Waals surface area contributed by atoms with Gasteiger partial charge in [-0.05, 0) is 58.2 Å². The van der Waals surface area contributed by atoms with Crippen molar-refractivity contribution in [3.8, 4) is 11.5 Å². The Morgan fingerprint density at radius 3 is 1.73 bits per heavy atom. The van der Waals surface area contributed by atoms with Crippen LogP contribution in [0.4, 0.5) is 4.39 Å². The smallest absolute Gasteiger partial charge is 0.218 e. The molecule has 7 nitrogen and oxygen atoms in total. The van der Waals surface area contributed by atoms with Crippen molar-refractivity contribution in [3.05, 3.63) is 82.3 Å². The highest BCUT2D eigenvalue weighted by Crippen LogP contribution is 2.28. The monoisotopic (exact) mass is 537 g/mol. The SMILES string of the molecule is COc1ccc(CN(Cc2ccc(OC)cc2)S(=O)(=O)CC(C)(F)c2ncc(Br)cn2)cc1. The third-order valence-electron chi connectivity index (χ3n) is 4.97. The minimum Gasteiger partial charge on any atom is -0.497 e. The highest BCUT2D eigenvalue weighted by atomic mass is 79.9. The molecule has 10 heteroatoms. The van der Waals surface area contributed by atoms with Gasteiger partial charge in [0, 0.05) is 25.5 Å². The van der Waals surface area contributed by atoms with Crippen molar-refractivity contribution >= 4 is 26.0 Å². The van der Waals surface area contributed by atoms with E-state index in [1.165, 1.54) is 23.6 Å². The molecule has 0 spiro atoms. The number of rotatable bonds is 10. The van der Waals surface area contributed by atoms with Gasteiger partial charge in [0.2, 0.25) is 10.0 Å². The summed E-state index contributed by atoms with van der Waals surface area (Å²) in [6.45, 7) is 1.30. The van der Waals surface area contributed by atoms with Gasteiger partial charge in [-0.3, -0.25) is 0 Å². The fourth-order valence-electron chi connectivity index (χ4n) is 3.20. The molecule has 0 aliphatic rings. The predicted octanol–water partition coefficient (Wildman–Crippen LogP) is 4.47. The first kappa shape index (κ1) is 25.1.